The Morgan fingerprint density at radius 1 is 0.860 bits per heavy atom. The lowest BCUT2D eigenvalue weighted by atomic mass is 10.1. The van der Waals surface area contributed by atoms with Crippen molar-refractivity contribution in [1.29, 1.82) is 0 Å². The van der Waals surface area contributed by atoms with Gasteiger partial charge in [-0.3, -0.25) is 24.5 Å². The number of aliphatic imine (C=N–C) groups is 2. The molecular formula is C41H34N4O5. The predicted molar refractivity (Wildman–Crippen MR) is 194 cm³/mol. The summed E-state index contributed by atoms with van der Waals surface area (Å²) in [4.78, 5) is 39.6. The zero-order valence-corrected chi connectivity index (χ0v) is 27.5. The van der Waals surface area contributed by atoms with E-state index in [4.69, 9.17) is 19.2 Å². The average Bonchev–Trinajstić information content (AvgIpc) is 3.73. The Morgan fingerprint density at radius 2 is 1.62 bits per heavy atom. The lowest BCUT2D eigenvalue weighted by molar-refractivity contribution is 0.0980. The van der Waals surface area contributed by atoms with Crippen molar-refractivity contribution in [2.24, 2.45) is 9.98 Å². The number of hydrogen-bond donors (Lipinski definition) is 0. The molecule has 3 aliphatic heterocycles. The van der Waals surface area contributed by atoms with E-state index in [1.807, 2.05) is 71.8 Å². The first-order chi connectivity index (χ1) is 24.5. The van der Waals surface area contributed by atoms with Crippen molar-refractivity contribution in [3.63, 3.8) is 0 Å². The van der Waals surface area contributed by atoms with E-state index in [0.29, 0.717) is 52.9 Å². The zero-order valence-electron chi connectivity index (χ0n) is 27.5. The van der Waals surface area contributed by atoms with E-state index < -0.39 is 0 Å². The molecule has 0 saturated heterocycles. The summed E-state index contributed by atoms with van der Waals surface area (Å²) in [6, 6.07) is 32.5. The molecule has 9 nitrogen and oxygen atoms in total. The maximum absolute atomic E-state index is 13.7. The molecule has 0 bridgehead atoms. The fourth-order valence-electron chi connectivity index (χ4n) is 6.93. The van der Waals surface area contributed by atoms with Gasteiger partial charge in [0.25, 0.3) is 11.8 Å². The Hall–Kier alpha value is -6.22. The number of carbonyl (C=O) groups is 2. The van der Waals surface area contributed by atoms with Crippen LogP contribution in [0.15, 0.2) is 113 Å². The summed E-state index contributed by atoms with van der Waals surface area (Å²) in [5.41, 5.74) is 8.00. The monoisotopic (exact) mass is 662 g/mol. The largest absolute Gasteiger partial charge is 0.493 e. The number of rotatable bonds is 9. The highest BCUT2D eigenvalue weighted by atomic mass is 16.5. The van der Waals surface area contributed by atoms with Crippen LogP contribution < -0.4 is 24.0 Å². The maximum atomic E-state index is 13.7. The van der Waals surface area contributed by atoms with Crippen molar-refractivity contribution in [2.75, 3.05) is 23.5 Å². The van der Waals surface area contributed by atoms with Crippen molar-refractivity contribution in [3.05, 3.63) is 137 Å². The number of amides is 2. The molecule has 0 spiro atoms. The molecule has 0 saturated carbocycles. The van der Waals surface area contributed by atoms with Crippen LogP contribution >= 0.6 is 0 Å². The van der Waals surface area contributed by atoms with E-state index >= 15 is 0 Å². The molecular weight excluding hydrogens is 628 g/mol. The van der Waals surface area contributed by atoms with E-state index in [0.717, 1.165) is 46.5 Å². The standard InChI is InChI=1S/C41H34N4O5/c1-42-34-20-31(14-15-32(34)40(46)44-17-16-28-10-3-5-12-36(28)44)49-24-26-8-7-9-27(18-26)25-50-39-22-35-33(21-38(39)48-2)41(47)45-30(23-43-35)19-29-11-4-6-13-37(29)45/h3-15,18,20-23,30H,1,16-17,19,24-25H2,2H3/t30-/m0/s1. The molecule has 0 N–H and O–H groups in total. The second-order valence-corrected chi connectivity index (χ2v) is 12.4. The quantitative estimate of drug-likeness (QED) is 0.151. The van der Waals surface area contributed by atoms with E-state index in [1.54, 1.807) is 42.3 Å². The first kappa shape index (κ1) is 31.1. The molecule has 0 radical (unpaired) electrons. The average molecular weight is 663 g/mol. The highest BCUT2D eigenvalue weighted by Crippen LogP contribution is 2.41. The molecule has 0 aliphatic carbocycles. The number of carbonyl (C=O) groups excluding carboxylic acids is 2. The molecule has 1 atom stereocenters. The minimum Gasteiger partial charge on any atom is -0.493 e. The number of ether oxygens (including phenoxy) is 3. The van der Waals surface area contributed by atoms with Crippen LogP contribution in [0.25, 0.3) is 0 Å². The summed E-state index contributed by atoms with van der Waals surface area (Å²) < 4.78 is 18.0. The second-order valence-electron chi connectivity index (χ2n) is 12.4. The number of hydrogen-bond acceptors (Lipinski definition) is 7. The van der Waals surface area contributed by atoms with Gasteiger partial charge in [0.2, 0.25) is 0 Å². The van der Waals surface area contributed by atoms with Gasteiger partial charge in [0, 0.05) is 42.7 Å². The van der Waals surface area contributed by atoms with Crippen molar-refractivity contribution >= 4 is 47.5 Å². The summed E-state index contributed by atoms with van der Waals surface area (Å²) in [7, 11) is 1.56. The van der Waals surface area contributed by atoms with Gasteiger partial charge in [0.05, 0.1) is 35.7 Å². The Bertz CT molecular complexity index is 2190. The van der Waals surface area contributed by atoms with E-state index in [9.17, 15) is 9.59 Å². The van der Waals surface area contributed by atoms with Crippen LogP contribution in [0.2, 0.25) is 0 Å². The van der Waals surface area contributed by atoms with Gasteiger partial charge in [0.15, 0.2) is 11.5 Å². The summed E-state index contributed by atoms with van der Waals surface area (Å²) in [5, 5.41) is 0. The van der Waals surface area contributed by atoms with Crippen LogP contribution in [0, 0.1) is 0 Å². The van der Waals surface area contributed by atoms with Crippen LogP contribution in [-0.2, 0) is 26.1 Å². The van der Waals surface area contributed by atoms with Crippen molar-refractivity contribution in [2.45, 2.75) is 32.1 Å². The molecule has 9 heteroatoms. The fraction of sp³-hybridized carbons (Fsp3) is 0.171. The van der Waals surface area contributed by atoms with Crippen LogP contribution in [0.4, 0.5) is 22.7 Å². The van der Waals surface area contributed by atoms with Gasteiger partial charge >= 0.3 is 0 Å². The fourth-order valence-corrected chi connectivity index (χ4v) is 6.93. The molecule has 5 aromatic rings. The van der Waals surface area contributed by atoms with Gasteiger partial charge in [-0.25, -0.2) is 0 Å². The Kier molecular flexibility index (Phi) is 8.08. The first-order valence-corrected chi connectivity index (χ1v) is 16.5. The highest BCUT2D eigenvalue weighted by molar-refractivity contribution is 6.15. The number of nitrogens with zero attached hydrogens (tertiary/aromatic N) is 4. The molecule has 3 aliphatic rings. The summed E-state index contributed by atoms with van der Waals surface area (Å²) in [6.45, 7) is 4.91. The Labute approximate surface area is 290 Å². The Balaban J connectivity index is 0.940. The van der Waals surface area contributed by atoms with Crippen LogP contribution in [0.1, 0.15) is 43.0 Å². The lowest BCUT2D eigenvalue weighted by Gasteiger charge is -2.22. The third-order valence-electron chi connectivity index (χ3n) is 9.42. The molecule has 248 valence electrons. The van der Waals surface area contributed by atoms with Crippen LogP contribution in [-0.4, -0.2) is 44.4 Å². The predicted octanol–water partition coefficient (Wildman–Crippen LogP) is 7.68. The topological polar surface area (TPSA) is 93.0 Å². The minimum atomic E-state index is -0.138. The molecule has 3 heterocycles. The molecule has 0 aromatic heterocycles. The number of anilines is 2. The SMILES string of the molecule is C=Nc1cc(OCc2cccc(COc3cc4c(cc3OC)C(=O)N3c5ccccc5C[C@H]3C=N4)c2)ccc1C(=O)N1CCc2ccccc21. The summed E-state index contributed by atoms with van der Waals surface area (Å²) in [5.74, 6) is 1.32. The molecule has 5 aromatic carbocycles. The Morgan fingerprint density at radius 3 is 2.42 bits per heavy atom. The van der Waals surface area contributed by atoms with Gasteiger partial charge in [-0.2, -0.15) is 0 Å². The van der Waals surface area contributed by atoms with Gasteiger partial charge in [-0.15, -0.1) is 0 Å². The molecule has 0 unspecified atom stereocenters. The zero-order chi connectivity index (χ0) is 34.2. The van der Waals surface area contributed by atoms with Crippen molar-refractivity contribution in [3.8, 4) is 17.2 Å². The first-order valence-electron chi connectivity index (χ1n) is 16.5. The van der Waals surface area contributed by atoms with Crippen LogP contribution in [0.3, 0.4) is 0 Å². The molecule has 50 heavy (non-hydrogen) atoms. The van der Waals surface area contributed by atoms with Gasteiger partial charge in [-0.1, -0.05) is 54.6 Å². The number of para-hydroxylation sites is 2. The molecule has 0 fully saturated rings. The summed E-state index contributed by atoms with van der Waals surface area (Å²) >= 11 is 0. The minimum absolute atomic E-state index is 0.104. The molecule has 2 amide bonds. The second kappa shape index (κ2) is 13.0. The molecule has 8 rings (SSSR count). The van der Waals surface area contributed by atoms with Crippen LogP contribution in [0.5, 0.6) is 17.2 Å². The lowest BCUT2D eigenvalue weighted by Crippen LogP contribution is -2.37. The third kappa shape index (κ3) is 5.66. The van der Waals surface area contributed by atoms with Gasteiger partial charge < -0.3 is 19.1 Å². The number of benzene rings is 5. The smallest absolute Gasteiger partial charge is 0.261 e. The normalized spacial score (nSPS) is 15.5. The van der Waals surface area contributed by atoms with Crippen molar-refractivity contribution < 1.29 is 23.8 Å². The number of fused-ring (bicyclic) bond motifs is 5. The van der Waals surface area contributed by atoms with E-state index in [-0.39, 0.29) is 24.5 Å². The van der Waals surface area contributed by atoms with E-state index in [2.05, 4.69) is 23.8 Å². The van der Waals surface area contributed by atoms with E-state index in [1.165, 1.54) is 0 Å². The van der Waals surface area contributed by atoms with Crippen molar-refractivity contribution in [1.82, 2.24) is 0 Å². The highest BCUT2D eigenvalue weighted by Gasteiger charge is 2.36. The third-order valence-corrected chi connectivity index (χ3v) is 9.42. The maximum Gasteiger partial charge on any atom is 0.261 e. The van der Waals surface area contributed by atoms with Gasteiger partial charge in [0.1, 0.15) is 19.0 Å². The summed E-state index contributed by atoms with van der Waals surface area (Å²) in [6.07, 6.45) is 3.40. The van der Waals surface area contributed by atoms with Gasteiger partial charge in [-0.05, 0) is 71.8 Å². The number of methoxy groups -OCH3 is 1.